The third kappa shape index (κ3) is 3.41. The van der Waals surface area contributed by atoms with E-state index >= 15 is 0 Å². The van der Waals surface area contributed by atoms with Crippen molar-refractivity contribution in [2.75, 3.05) is 0 Å². The molecule has 0 unspecified atom stereocenters. The largest absolute Gasteiger partial charge is 0.347 e. The van der Waals surface area contributed by atoms with Crippen LogP contribution in [0.4, 0.5) is 0 Å². The second kappa shape index (κ2) is 6.28. The van der Waals surface area contributed by atoms with Gasteiger partial charge >= 0.3 is 0 Å². The van der Waals surface area contributed by atoms with Gasteiger partial charge < -0.3 is 5.32 Å². The van der Waals surface area contributed by atoms with E-state index in [1.807, 2.05) is 6.07 Å². The molecule has 0 aliphatic rings. The molecule has 7 heteroatoms. The third-order valence-corrected chi connectivity index (χ3v) is 4.63. The summed E-state index contributed by atoms with van der Waals surface area (Å²) in [6.07, 6.45) is 3.34. The lowest BCUT2D eigenvalue weighted by atomic mass is 10.2. The molecule has 1 amide bonds. The number of halogens is 2. The van der Waals surface area contributed by atoms with E-state index in [1.54, 1.807) is 23.8 Å². The fourth-order valence-corrected chi connectivity index (χ4v) is 3.34. The van der Waals surface area contributed by atoms with Gasteiger partial charge in [0.05, 0.1) is 10.4 Å². The van der Waals surface area contributed by atoms with Crippen LogP contribution in [-0.4, -0.2) is 10.9 Å². The molecule has 2 aromatic heterocycles. The summed E-state index contributed by atoms with van der Waals surface area (Å²) in [7, 11) is 0. The first kappa shape index (κ1) is 14.2. The Morgan fingerprint density at radius 3 is 2.68 bits per heavy atom. The Hall–Kier alpha value is -1.23. The predicted molar refractivity (Wildman–Crippen MR) is 79.8 cm³/mol. The van der Waals surface area contributed by atoms with Gasteiger partial charge in [-0.3, -0.25) is 9.78 Å². The highest BCUT2D eigenvalue weighted by molar-refractivity contribution is 9.11. The molecule has 2 aromatic rings. The second-order valence-corrected chi connectivity index (χ2v) is 6.20. The molecule has 0 fully saturated rings. The van der Waals surface area contributed by atoms with Crippen LogP contribution in [-0.2, 0) is 6.54 Å². The van der Waals surface area contributed by atoms with Gasteiger partial charge in [-0.25, -0.2) is 0 Å². The molecular formula is C12H7Br2N3OS. The number of rotatable bonds is 3. The quantitative estimate of drug-likeness (QED) is 0.857. The van der Waals surface area contributed by atoms with Gasteiger partial charge in [-0.1, -0.05) is 0 Å². The summed E-state index contributed by atoms with van der Waals surface area (Å²) in [5.74, 6) is -0.192. The summed E-state index contributed by atoms with van der Waals surface area (Å²) < 4.78 is 1.65. The molecule has 0 radical (unpaired) electrons. The van der Waals surface area contributed by atoms with Gasteiger partial charge in [0.1, 0.15) is 6.07 Å². The lowest BCUT2D eigenvalue weighted by Crippen LogP contribution is -2.22. The van der Waals surface area contributed by atoms with Crippen molar-refractivity contribution in [1.82, 2.24) is 10.3 Å². The molecule has 2 heterocycles. The van der Waals surface area contributed by atoms with Crippen LogP contribution in [0.5, 0.6) is 0 Å². The van der Waals surface area contributed by atoms with Gasteiger partial charge in [0, 0.05) is 38.8 Å². The summed E-state index contributed by atoms with van der Waals surface area (Å²) in [5, 5.41) is 13.2. The van der Waals surface area contributed by atoms with E-state index in [4.69, 9.17) is 5.26 Å². The Bertz CT molecular complexity index is 643. The fourth-order valence-electron chi connectivity index (χ4n) is 1.38. The smallest absolute Gasteiger partial charge is 0.261 e. The number of nitrogens with zero attached hydrogens (tertiary/aromatic N) is 2. The van der Waals surface area contributed by atoms with Crippen LogP contribution < -0.4 is 5.32 Å². The molecule has 0 aliphatic carbocycles. The van der Waals surface area contributed by atoms with Gasteiger partial charge in [-0.05, 0) is 37.9 Å². The van der Waals surface area contributed by atoms with Gasteiger partial charge in [0.25, 0.3) is 5.91 Å². The first-order valence-electron chi connectivity index (χ1n) is 5.16. The van der Waals surface area contributed by atoms with Crippen LogP contribution in [0.1, 0.15) is 20.8 Å². The number of hydrogen-bond donors (Lipinski definition) is 1. The number of amides is 1. The predicted octanol–water partition coefficient (Wildman–Crippen LogP) is 3.47. The van der Waals surface area contributed by atoms with E-state index in [0.29, 0.717) is 17.0 Å². The number of carbonyl (C=O) groups is 1. The van der Waals surface area contributed by atoms with E-state index in [0.717, 1.165) is 14.5 Å². The summed E-state index contributed by atoms with van der Waals surface area (Å²) in [6, 6.07) is 3.58. The first-order valence-corrected chi connectivity index (χ1v) is 7.63. The molecule has 0 saturated carbocycles. The van der Waals surface area contributed by atoms with Crippen LogP contribution in [0.2, 0.25) is 0 Å². The van der Waals surface area contributed by atoms with Crippen LogP contribution >= 0.6 is 43.2 Å². The zero-order chi connectivity index (χ0) is 13.8. The minimum absolute atomic E-state index is 0.192. The van der Waals surface area contributed by atoms with E-state index < -0.39 is 0 Å². The lowest BCUT2D eigenvalue weighted by molar-refractivity contribution is 0.0955. The Labute approximate surface area is 130 Å². The maximum atomic E-state index is 11.9. The molecular weight excluding hydrogens is 394 g/mol. The Morgan fingerprint density at radius 1 is 1.42 bits per heavy atom. The molecule has 0 bridgehead atoms. The maximum Gasteiger partial charge on any atom is 0.261 e. The molecule has 0 spiro atoms. The van der Waals surface area contributed by atoms with Crippen molar-refractivity contribution in [1.29, 1.82) is 5.26 Å². The highest BCUT2D eigenvalue weighted by Gasteiger charge is 2.11. The molecule has 0 saturated heterocycles. The van der Waals surface area contributed by atoms with Crippen LogP contribution in [0, 0.1) is 11.3 Å². The van der Waals surface area contributed by atoms with Crippen molar-refractivity contribution in [2.24, 2.45) is 0 Å². The molecule has 0 aliphatic heterocycles. The summed E-state index contributed by atoms with van der Waals surface area (Å²) in [5.41, 5.74) is 1.42. The van der Waals surface area contributed by atoms with Crippen LogP contribution in [0.25, 0.3) is 0 Å². The first-order chi connectivity index (χ1) is 9.11. The van der Waals surface area contributed by atoms with Gasteiger partial charge in [-0.2, -0.15) is 5.26 Å². The summed E-state index contributed by atoms with van der Waals surface area (Å²) in [6.45, 7) is 0.377. The van der Waals surface area contributed by atoms with Gasteiger partial charge in [0.2, 0.25) is 0 Å². The normalized spacial score (nSPS) is 9.95. The van der Waals surface area contributed by atoms with Crippen molar-refractivity contribution in [3.05, 3.63) is 48.8 Å². The number of nitrogens with one attached hydrogen (secondary N) is 1. The second-order valence-electron chi connectivity index (χ2n) is 3.58. The Kier molecular flexibility index (Phi) is 4.69. The van der Waals surface area contributed by atoms with Crippen molar-refractivity contribution >= 4 is 49.1 Å². The molecule has 0 aromatic carbocycles. The Morgan fingerprint density at radius 2 is 2.11 bits per heavy atom. The Balaban J connectivity index is 2.07. The van der Waals surface area contributed by atoms with Gasteiger partial charge in [0.15, 0.2) is 0 Å². The third-order valence-electron chi connectivity index (χ3n) is 2.33. The lowest BCUT2D eigenvalue weighted by Gasteiger charge is -2.07. The van der Waals surface area contributed by atoms with Crippen molar-refractivity contribution in [2.45, 2.75) is 6.54 Å². The minimum atomic E-state index is -0.192. The van der Waals surface area contributed by atoms with Crippen LogP contribution in [0.3, 0.4) is 0 Å². The van der Waals surface area contributed by atoms with E-state index in [9.17, 15) is 4.79 Å². The van der Waals surface area contributed by atoms with Crippen LogP contribution in [0.15, 0.2) is 32.8 Å². The van der Waals surface area contributed by atoms with Crippen molar-refractivity contribution in [3.8, 4) is 6.07 Å². The zero-order valence-corrected chi connectivity index (χ0v) is 13.5. The van der Waals surface area contributed by atoms with E-state index in [-0.39, 0.29) is 5.91 Å². The number of carbonyl (C=O) groups excluding carboxylic acids is 1. The number of pyridine rings is 1. The van der Waals surface area contributed by atoms with Crippen molar-refractivity contribution in [3.63, 3.8) is 0 Å². The highest BCUT2D eigenvalue weighted by atomic mass is 79.9. The van der Waals surface area contributed by atoms with E-state index in [1.165, 1.54) is 11.3 Å². The topological polar surface area (TPSA) is 65.8 Å². The van der Waals surface area contributed by atoms with Crippen molar-refractivity contribution < 1.29 is 4.79 Å². The minimum Gasteiger partial charge on any atom is -0.347 e. The molecule has 1 N–H and O–H groups in total. The molecule has 2 rings (SSSR count). The summed E-state index contributed by atoms with van der Waals surface area (Å²) in [4.78, 5) is 16.4. The number of hydrogen-bond acceptors (Lipinski definition) is 4. The SMILES string of the molecule is N#Cc1csc(C(=O)NCc2c(Br)cncc2Br)c1. The average molecular weight is 401 g/mol. The fraction of sp³-hybridized carbons (Fsp3) is 0.0833. The maximum absolute atomic E-state index is 11.9. The highest BCUT2D eigenvalue weighted by Crippen LogP contribution is 2.23. The van der Waals surface area contributed by atoms with Gasteiger partial charge in [-0.15, -0.1) is 11.3 Å². The monoisotopic (exact) mass is 399 g/mol. The molecule has 19 heavy (non-hydrogen) atoms. The standard InChI is InChI=1S/C12H7Br2N3OS/c13-9-4-16-5-10(14)8(9)3-17-12(18)11-1-7(2-15)6-19-11/h1,4-6H,3H2,(H,17,18). The molecule has 96 valence electrons. The zero-order valence-electron chi connectivity index (χ0n) is 9.48. The van der Waals surface area contributed by atoms with E-state index in [2.05, 4.69) is 42.2 Å². The number of nitriles is 1. The molecule has 0 atom stereocenters. The average Bonchev–Trinajstić information content (AvgIpc) is 2.86. The molecule has 4 nitrogen and oxygen atoms in total. The number of thiophene rings is 1. The summed E-state index contributed by atoms with van der Waals surface area (Å²) >= 11 is 8.02. The number of aromatic nitrogens is 1.